The predicted molar refractivity (Wildman–Crippen MR) is 135 cm³/mol. The molecule has 2 heterocycles. The van der Waals surface area contributed by atoms with Crippen molar-refractivity contribution in [2.45, 2.75) is 110 Å². The van der Waals surface area contributed by atoms with E-state index in [1.165, 1.54) is 0 Å². The number of carbonyl (C=O) groups excluding carboxylic acids is 7. The Labute approximate surface area is 251 Å². The zero-order valence-electron chi connectivity index (χ0n) is 25.1. The highest BCUT2D eigenvalue weighted by molar-refractivity contribution is 5.69. The number of aliphatic hydroxyl groups is 1. The molecule has 2 aliphatic rings. The van der Waals surface area contributed by atoms with Crippen LogP contribution in [-0.2, 0) is 80.9 Å². The van der Waals surface area contributed by atoms with Gasteiger partial charge in [0.2, 0.25) is 0 Å². The van der Waals surface area contributed by atoms with Gasteiger partial charge < -0.3 is 52.5 Å². The Bertz CT molecular complexity index is 1090. The van der Waals surface area contributed by atoms with Crippen LogP contribution in [0.25, 0.3) is 0 Å². The number of hydrogen-bond donors (Lipinski definition) is 1. The Morgan fingerprint density at radius 2 is 0.841 bits per heavy atom. The summed E-state index contributed by atoms with van der Waals surface area (Å²) >= 11 is 0. The van der Waals surface area contributed by atoms with Crippen molar-refractivity contribution in [3.63, 3.8) is 0 Å². The standard InChI is InChI=1S/C26H36O18/c1-10(27)35-8-17-19(37-12(3)29)21(23(25(34)42-17)40-15(6)32)44-26-24(41-16(7)33)22(39-14(5)31)20(38-13(4)30)18(43-26)9-36-11(2)28/h17-26,34H,8-9H2,1-7H3/t17-,18+,19+,20-,21+,22-,23-,24+,25?,26+/m0/s1. The van der Waals surface area contributed by atoms with Gasteiger partial charge in [0, 0.05) is 48.5 Å². The lowest BCUT2D eigenvalue weighted by Crippen LogP contribution is -2.67. The smallest absolute Gasteiger partial charge is 0.303 e. The van der Waals surface area contributed by atoms with E-state index < -0.39 is 116 Å². The molecule has 0 radical (unpaired) electrons. The fourth-order valence-corrected chi connectivity index (χ4v) is 4.49. The quantitative estimate of drug-likeness (QED) is 0.203. The maximum atomic E-state index is 12.2. The normalized spacial score (nSPS) is 31.5. The summed E-state index contributed by atoms with van der Waals surface area (Å²) in [4.78, 5) is 83.5. The van der Waals surface area contributed by atoms with Crippen molar-refractivity contribution >= 4 is 41.8 Å². The molecule has 0 aromatic carbocycles. The van der Waals surface area contributed by atoms with Gasteiger partial charge in [-0.25, -0.2) is 0 Å². The van der Waals surface area contributed by atoms with Crippen LogP contribution in [0.3, 0.4) is 0 Å². The third-order valence-electron chi connectivity index (χ3n) is 5.90. The Hall–Kier alpha value is -3.87. The van der Waals surface area contributed by atoms with E-state index in [1.54, 1.807) is 0 Å². The summed E-state index contributed by atoms with van der Waals surface area (Å²) in [5, 5.41) is 10.8. The highest BCUT2D eigenvalue weighted by Crippen LogP contribution is 2.35. The summed E-state index contributed by atoms with van der Waals surface area (Å²) in [5.41, 5.74) is 0. The lowest BCUT2D eigenvalue weighted by Gasteiger charge is -2.48. The van der Waals surface area contributed by atoms with Crippen LogP contribution in [-0.4, -0.2) is 122 Å². The van der Waals surface area contributed by atoms with Gasteiger partial charge in [0.05, 0.1) is 0 Å². The predicted octanol–water partition coefficient (Wildman–Crippen LogP) is -1.40. The van der Waals surface area contributed by atoms with Crippen molar-refractivity contribution in [3.8, 4) is 0 Å². The van der Waals surface area contributed by atoms with Crippen LogP contribution >= 0.6 is 0 Å². The Balaban J connectivity index is 2.66. The van der Waals surface area contributed by atoms with Gasteiger partial charge in [0.1, 0.15) is 31.5 Å². The molecule has 18 nitrogen and oxygen atoms in total. The summed E-state index contributed by atoms with van der Waals surface area (Å²) in [7, 11) is 0. The van der Waals surface area contributed by atoms with Gasteiger partial charge in [-0.3, -0.25) is 33.6 Å². The Kier molecular flexibility index (Phi) is 13.4. The van der Waals surface area contributed by atoms with Crippen LogP contribution in [0.1, 0.15) is 48.5 Å². The lowest BCUT2D eigenvalue weighted by molar-refractivity contribution is -0.357. The zero-order chi connectivity index (χ0) is 33.3. The van der Waals surface area contributed by atoms with Gasteiger partial charge in [-0.05, 0) is 0 Å². The molecule has 0 amide bonds. The molecular weight excluding hydrogens is 600 g/mol. The van der Waals surface area contributed by atoms with Crippen LogP contribution < -0.4 is 0 Å². The second-order valence-corrected chi connectivity index (χ2v) is 9.68. The maximum absolute atomic E-state index is 12.2. The first-order valence-electron chi connectivity index (χ1n) is 13.3. The molecule has 1 N–H and O–H groups in total. The van der Waals surface area contributed by atoms with E-state index in [1.807, 2.05) is 0 Å². The lowest BCUT2D eigenvalue weighted by atomic mass is 9.96. The van der Waals surface area contributed by atoms with Crippen molar-refractivity contribution in [1.82, 2.24) is 0 Å². The number of aliphatic hydroxyl groups excluding tert-OH is 1. The molecule has 0 saturated carbocycles. The van der Waals surface area contributed by atoms with Crippen molar-refractivity contribution < 1.29 is 86.0 Å². The van der Waals surface area contributed by atoms with Crippen LogP contribution in [0.15, 0.2) is 0 Å². The molecule has 0 aliphatic carbocycles. The third kappa shape index (κ3) is 10.7. The van der Waals surface area contributed by atoms with E-state index in [0.29, 0.717) is 0 Å². The molecule has 0 aromatic heterocycles. The Morgan fingerprint density at radius 3 is 1.27 bits per heavy atom. The summed E-state index contributed by atoms with van der Waals surface area (Å²) in [6.45, 7) is 6.13. The SMILES string of the molecule is CC(=O)OC[C@@H]1OC(O)[C@@H](OC(C)=O)[C@H](O[C@H]2O[C@H](COC(C)=O)[C@H](OC(C)=O)[C@H](OC(C)=O)[C@H]2OC(C)=O)[C@@H]1OC(C)=O. The van der Waals surface area contributed by atoms with Crippen molar-refractivity contribution in [2.75, 3.05) is 13.2 Å². The fourth-order valence-electron chi connectivity index (χ4n) is 4.49. The van der Waals surface area contributed by atoms with Crippen LogP contribution in [0.2, 0.25) is 0 Å². The van der Waals surface area contributed by atoms with Gasteiger partial charge in [-0.15, -0.1) is 0 Å². The number of ether oxygens (including phenoxy) is 10. The van der Waals surface area contributed by atoms with Crippen LogP contribution in [0.5, 0.6) is 0 Å². The van der Waals surface area contributed by atoms with E-state index in [0.717, 1.165) is 48.5 Å². The molecule has 2 fully saturated rings. The molecule has 1 unspecified atom stereocenters. The third-order valence-corrected chi connectivity index (χ3v) is 5.90. The number of esters is 7. The summed E-state index contributed by atoms with van der Waals surface area (Å²) in [5.74, 6) is -6.03. The van der Waals surface area contributed by atoms with E-state index in [2.05, 4.69) is 0 Å². The summed E-state index contributed by atoms with van der Waals surface area (Å²) in [6.07, 6.45) is -16.4. The molecule has 10 atom stereocenters. The maximum Gasteiger partial charge on any atom is 0.303 e. The van der Waals surface area contributed by atoms with E-state index >= 15 is 0 Å². The van der Waals surface area contributed by atoms with Gasteiger partial charge in [0.15, 0.2) is 43.1 Å². The first-order valence-corrected chi connectivity index (χ1v) is 13.3. The molecule has 2 rings (SSSR count). The summed E-state index contributed by atoms with van der Waals surface area (Å²) < 4.78 is 54.0. The molecule has 18 heteroatoms. The molecule has 2 saturated heterocycles. The minimum atomic E-state index is -1.94. The molecule has 0 bridgehead atoms. The first-order chi connectivity index (χ1) is 20.5. The van der Waals surface area contributed by atoms with Gasteiger partial charge >= 0.3 is 41.8 Å². The molecular formula is C26H36O18. The number of rotatable bonds is 11. The average molecular weight is 637 g/mol. The zero-order valence-corrected chi connectivity index (χ0v) is 25.1. The molecule has 0 aromatic rings. The Morgan fingerprint density at radius 1 is 0.477 bits per heavy atom. The van der Waals surface area contributed by atoms with E-state index in [9.17, 15) is 38.7 Å². The highest BCUT2D eigenvalue weighted by Gasteiger charge is 2.57. The minimum absolute atomic E-state index is 0.560. The number of hydrogen-bond acceptors (Lipinski definition) is 18. The van der Waals surface area contributed by atoms with Crippen molar-refractivity contribution in [2.24, 2.45) is 0 Å². The topological polar surface area (TPSA) is 232 Å². The first kappa shape index (κ1) is 36.3. The van der Waals surface area contributed by atoms with Gasteiger partial charge in [-0.2, -0.15) is 0 Å². The number of carbonyl (C=O) groups is 7. The van der Waals surface area contributed by atoms with Gasteiger partial charge in [-0.1, -0.05) is 0 Å². The summed E-state index contributed by atoms with van der Waals surface area (Å²) in [6, 6.07) is 0. The average Bonchev–Trinajstić information content (AvgIpc) is 2.87. The van der Waals surface area contributed by atoms with Gasteiger partial charge in [0.25, 0.3) is 0 Å². The van der Waals surface area contributed by atoms with Crippen molar-refractivity contribution in [3.05, 3.63) is 0 Å². The van der Waals surface area contributed by atoms with Crippen LogP contribution in [0.4, 0.5) is 0 Å². The fraction of sp³-hybridized carbons (Fsp3) is 0.731. The molecule has 2 aliphatic heterocycles. The second-order valence-electron chi connectivity index (χ2n) is 9.68. The minimum Gasteiger partial charge on any atom is -0.463 e. The molecule has 0 spiro atoms. The van der Waals surface area contributed by atoms with E-state index in [-0.39, 0.29) is 0 Å². The molecule has 248 valence electrons. The molecule has 44 heavy (non-hydrogen) atoms. The monoisotopic (exact) mass is 636 g/mol. The van der Waals surface area contributed by atoms with Crippen molar-refractivity contribution in [1.29, 1.82) is 0 Å². The van der Waals surface area contributed by atoms with E-state index in [4.69, 9.17) is 47.4 Å². The second kappa shape index (κ2) is 16.3. The highest BCUT2D eigenvalue weighted by atomic mass is 16.8. The van der Waals surface area contributed by atoms with Crippen LogP contribution in [0, 0.1) is 0 Å². The largest absolute Gasteiger partial charge is 0.463 e.